The first kappa shape index (κ1) is 25.7. The van der Waals surface area contributed by atoms with E-state index in [1.807, 2.05) is 44.2 Å². The van der Waals surface area contributed by atoms with Gasteiger partial charge < -0.3 is 20.8 Å². The standard InChI is InChI=1S/C32H36N8O/c1-17-12-18(2)28-25(13-17)40-31(41-28)39-21-6-4-20(5-7-21)27(33)26-29(34)35-16-36-30(26)38-22-8-10-32(11-9-22)15-19(3)37-24-14-23(24)32/h4-7,12-13,16,22-24,33H,8-11,14-15H2,1-3H3,(H,39,40)(H3,34,35,36,38). The molecule has 2 aliphatic carbocycles. The summed E-state index contributed by atoms with van der Waals surface area (Å²) in [5.41, 5.74) is 14.3. The summed E-state index contributed by atoms with van der Waals surface area (Å²) < 4.78 is 5.95. The number of benzene rings is 2. The van der Waals surface area contributed by atoms with Gasteiger partial charge in [-0.15, -0.1) is 0 Å². The average Bonchev–Trinajstić information content (AvgIpc) is 3.62. The van der Waals surface area contributed by atoms with Crippen molar-refractivity contribution in [1.29, 1.82) is 5.41 Å². The number of anilines is 4. The quantitative estimate of drug-likeness (QED) is 0.200. The minimum atomic E-state index is 0.289. The lowest BCUT2D eigenvalue weighted by Gasteiger charge is -2.42. The van der Waals surface area contributed by atoms with E-state index in [-0.39, 0.29) is 5.71 Å². The molecule has 0 saturated heterocycles. The molecule has 2 unspecified atom stereocenters. The second-order valence-electron chi connectivity index (χ2n) is 12.2. The Morgan fingerprint density at radius 2 is 1.85 bits per heavy atom. The number of nitrogen functional groups attached to an aromatic ring is 1. The molecule has 9 nitrogen and oxygen atoms in total. The SMILES string of the molecule is CC1=NC2CC2C2(CCC(Nc3ncnc(N)c3C(=N)c3ccc(Nc4nc5cc(C)cc(C)c5o4)cc3)CC2)C1. The Bertz CT molecular complexity index is 1680. The summed E-state index contributed by atoms with van der Waals surface area (Å²) in [6.07, 6.45) is 8.48. The van der Waals surface area contributed by atoms with Gasteiger partial charge in [0.1, 0.15) is 23.5 Å². The number of aromatic nitrogens is 3. The molecule has 1 spiro atoms. The molecular weight excluding hydrogens is 512 g/mol. The molecule has 0 amide bonds. The highest BCUT2D eigenvalue weighted by molar-refractivity contribution is 6.16. The van der Waals surface area contributed by atoms with Crippen LogP contribution in [0.25, 0.3) is 11.1 Å². The molecule has 3 aliphatic rings. The zero-order valence-electron chi connectivity index (χ0n) is 23.8. The molecule has 41 heavy (non-hydrogen) atoms. The second kappa shape index (κ2) is 9.68. The Balaban J connectivity index is 1.05. The fraction of sp³-hybridized carbons (Fsp3) is 0.406. The molecule has 2 atom stereocenters. The fourth-order valence-electron chi connectivity index (χ4n) is 7.20. The van der Waals surface area contributed by atoms with E-state index in [1.54, 1.807) is 0 Å². The van der Waals surface area contributed by atoms with Crippen LogP contribution in [0.15, 0.2) is 52.1 Å². The van der Waals surface area contributed by atoms with E-state index in [9.17, 15) is 0 Å². The maximum Gasteiger partial charge on any atom is 0.300 e. The lowest BCUT2D eigenvalue weighted by Crippen LogP contribution is -2.38. The summed E-state index contributed by atoms with van der Waals surface area (Å²) >= 11 is 0. The Labute approximate surface area is 239 Å². The number of nitrogens with two attached hydrogens (primary N) is 1. The molecule has 2 saturated carbocycles. The number of hydrogen-bond donors (Lipinski definition) is 4. The van der Waals surface area contributed by atoms with Gasteiger partial charge in [-0.3, -0.25) is 10.4 Å². The number of aryl methyl sites for hydroxylation is 2. The van der Waals surface area contributed by atoms with Crippen LogP contribution in [0.2, 0.25) is 0 Å². The van der Waals surface area contributed by atoms with E-state index in [2.05, 4.69) is 38.6 Å². The predicted octanol–water partition coefficient (Wildman–Crippen LogP) is 6.57. The Hall–Kier alpha value is -4.27. The number of hydrogen-bond acceptors (Lipinski definition) is 9. The minimum Gasteiger partial charge on any atom is -0.423 e. The van der Waals surface area contributed by atoms with Gasteiger partial charge in [0.25, 0.3) is 6.01 Å². The maximum atomic E-state index is 9.02. The topological polar surface area (TPSA) is 138 Å². The normalized spacial score (nSPS) is 25.0. The van der Waals surface area contributed by atoms with Crippen molar-refractivity contribution < 1.29 is 4.42 Å². The van der Waals surface area contributed by atoms with Crippen LogP contribution in [0.4, 0.5) is 23.3 Å². The van der Waals surface area contributed by atoms with Crippen molar-refractivity contribution in [3.05, 3.63) is 65.0 Å². The number of nitrogens with one attached hydrogen (secondary N) is 3. The molecule has 7 rings (SSSR count). The highest BCUT2D eigenvalue weighted by atomic mass is 16.4. The van der Waals surface area contributed by atoms with Crippen LogP contribution in [0, 0.1) is 30.6 Å². The summed E-state index contributed by atoms with van der Waals surface area (Å²) in [4.78, 5) is 18.2. The van der Waals surface area contributed by atoms with Crippen molar-refractivity contribution in [2.75, 3.05) is 16.4 Å². The van der Waals surface area contributed by atoms with Gasteiger partial charge in [-0.25, -0.2) is 9.97 Å². The molecule has 4 aromatic rings. The van der Waals surface area contributed by atoms with Gasteiger partial charge in [0.2, 0.25) is 0 Å². The first-order valence-electron chi connectivity index (χ1n) is 14.5. The summed E-state index contributed by atoms with van der Waals surface area (Å²) in [7, 11) is 0. The molecule has 1 aliphatic heterocycles. The van der Waals surface area contributed by atoms with Crippen molar-refractivity contribution in [2.45, 2.75) is 71.4 Å². The number of rotatable bonds is 6. The van der Waals surface area contributed by atoms with Gasteiger partial charge >= 0.3 is 0 Å². The van der Waals surface area contributed by atoms with Crippen molar-refractivity contribution >= 4 is 45.9 Å². The molecule has 210 valence electrons. The summed E-state index contributed by atoms with van der Waals surface area (Å²) in [6.45, 7) is 6.27. The third-order valence-corrected chi connectivity index (χ3v) is 9.23. The van der Waals surface area contributed by atoms with Crippen molar-refractivity contribution in [3.8, 4) is 0 Å². The second-order valence-corrected chi connectivity index (χ2v) is 12.2. The van der Waals surface area contributed by atoms with Crippen LogP contribution in [0.1, 0.15) is 67.7 Å². The van der Waals surface area contributed by atoms with Crippen molar-refractivity contribution in [2.24, 2.45) is 16.3 Å². The van der Waals surface area contributed by atoms with E-state index < -0.39 is 0 Å². The molecular formula is C32H36N8O. The Morgan fingerprint density at radius 1 is 1.07 bits per heavy atom. The van der Waals surface area contributed by atoms with E-state index in [0.717, 1.165) is 58.7 Å². The summed E-state index contributed by atoms with van der Waals surface area (Å²) in [6, 6.07) is 13.0. The van der Waals surface area contributed by atoms with Gasteiger partial charge in [-0.05, 0) is 100.0 Å². The molecule has 2 aromatic heterocycles. The van der Waals surface area contributed by atoms with Crippen LogP contribution in [0.5, 0.6) is 0 Å². The lowest BCUT2D eigenvalue weighted by atomic mass is 9.65. The van der Waals surface area contributed by atoms with E-state index in [4.69, 9.17) is 20.6 Å². The minimum absolute atomic E-state index is 0.289. The van der Waals surface area contributed by atoms with Crippen molar-refractivity contribution in [1.82, 2.24) is 15.0 Å². The molecule has 3 heterocycles. The number of aliphatic imine (C=N–C) groups is 1. The third kappa shape index (κ3) is 4.73. The van der Waals surface area contributed by atoms with Crippen LogP contribution in [0.3, 0.4) is 0 Å². The first-order chi connectivity index (χ1) is 19.8. The van der Waals surface area contributed by atoms with Crippen LogP contribution >= 0.6 is 0 Å². The van der Waals surface area contributed by atoms with Gasteiger partial charge in [0, 0.05) is 23.0 Å². The largest absolute Gasteiger partial charge is 0.423 e. The Morgan fingerprint density at radius 3 is 2.63 bits per heavy atom. The predicted molar refractivity (Wildman–Crippen MR) is 164 cm³/mol. The van der Waals surface area contributed by atoms with Gasteiger partial charge in [0.05, 0.1) is 17.3 Å². The van der Waals surface area contributed by atoms with Crippen LogP contribution < -0.4 is 16.4 Å². The molecule has 0 radical (unpaired) electrons. The third-order valence-electron chi connectivity index (χ3n) is 9.23. The molecule has 2 aromatic carbocycles. The zero-order valence-corrected chi connectivity index (χ0v) is 23.8. The Kier molecular flexibility index (Phi) is 6.06. The van der Waals surface area contributed by atoms with E-state index in [0.29, 0.717) is 40.7 Å². The van der Waals surface area contributed by atoms with Crippen LogP contribution in [-0.4, -0.2) is 38.5 Å². The van der Waals surface area contributed by atoms with Gasteiger partial charge in [-0.1, -0.05) is 18.2 Å². The first-order valence-corrected chi connectivity index (χ1v) is 14.5. The van der Waals surface area contributed by atoms with Crippen molar-refractivity contribution in [3.63, 3.8) is 0 Å². The van der Waals surface area contributed by atoms with E-state index >= 15 is 0 Å². The molecule has 0 bridgehead atoms. The molecule has 5 N–H and O–H groups in total. The average molecular weight is 549 g/mol. The maximum absolute atomic E-state index is 9.02. The monoisotopic (exact) mass is 548 g/mol. The summed E-state index contributed by atoms with van der Waals surface area (Å²) in [5.74, 6) is 1.71. The highest BCUT2D eigenvalue weighted by Crippen LogP contribution is 2.59. The molecule has 2 fully saturated rings. The fourth-order valence-corrected chi connectivity index (χ4v) is 7.20. The lowest BCUT2D eigenvalue weighted by molar-refractivity contribution is 0.147. The number of fused-ring (bicyclic) bond motifs is 3. The summed E-state index contributed by atoms with van der Waals surface area (Å²) in [5, 5.41) is 15.9. The zero-order chi connectivity index (χ0) is 28.3. The van der Waals surface area contributed by atoms with Crippen LogP contribution in [-0.2, 0) is 0 Å². The smallest absolute Gasteiger partial charge is 0.300 e. The molecule has 9 heteroatoms. The number of nitrogens with zero attached hydrogens (tertiary/aromatic N) is 4. The van der Waals surface area contributed by atoms with Gasteiger partial charge in [-0.2, -0.15) is 4.98 Å². The van der Waals surface area contributed by atoms with E-state index in [1.165, 1.54) is 31.3 Å². The highest BCUT2D eigenvalue weighted by Gasteiger charge is 2.55. The number of oxazole rings is 1. The van der Waals surface area contributed by atoms with Gasteiger partial charge in [0.15, 0.2) is 5.58 Å².